The summed E-state index contributed by atoms with van der Waals surface area (Å²) in [7, 11) is 1.90. The smallest absolute Gasteiger partial charge is 0.138 e. The zero-order valence-electron chi connectivity index (χ0n) is 10.1. The van der Waals surface area contributed by atoms with E-state index in [0.29, 0.717) is 0 Å². The van der Waals surface area contributed by atoms with Crippen LogP contribution in [0, 0.1) is 0 Å². The minimum atomic E-state index is 0.726. The van der Waals surface area contributed by atoms with E-state index in [9.17, 15) is 0 Å². The lowest BCUT2D eigenvalue weighted by atomic mass is 10.3. The minimum Gasteiger partial charge on any atom is -0.316 e. The molecule has 1 heterocycles. The predicted molar refractivity (Wildman–Crippen MR) is 75.8 cm³/mol. The molecule has 5 heteroatoms. The molecular weight excluding hydrogens is 266 g/mol. The molecule has 0 saturated heterocycles. The zero-order valence-corrected chi connectivity index (χ0v) is 11.6. The van der Waals surface area contributed by atoms with Gasteiger partial charge in [0.25, 0.3) is 0 Å². The van der Waals surface area contributed by atoms with Gasteiger partial charge >= 0.3 is 0 Å². The van der Waals surface area contributed by atoms with Crippen LogP contribution in [0.5, 0.6) is 0 Å². The second kappa shape index (κ2) is 6.73. The van der Waals surface area contributed by atoms with Gasteiger partial charge in [0.05, 0.1) is 10.8 Å². The molecule has 3 nitrogen and oxygen atoms in total. The molecule has 0 bridgehead atoms. The highest BCUT2D eigenvalue weighted by atomic mass is 35.5. The Hall–Kier alpha value is -1.10. The van der Waals surface area contributed by atoms with Crippen LogP contribution in [-0.2, 0) is 12.3 Å². The number of nitrogens with zero attached hydrogens (tertiary/aromatic N) is 2. The summed E-state index contributed by atoms with van der Waals surface area (Å²) >= 11 is 7.73. The number of hydrogen-bond donors (Lipinski definition) is 1. The van der Waals surface area contributed by atoms with E-state index >= 15 is 0 Å². The molecule has 94 valence electrons. The summed E-state index contributed by atoms with van der Waals surface area (Å²) in [5.74, 6) is 1.54. The summed E-state index contributed by atoms with van der Waals surface area (Å²) in [6, 6.07) is 7.80. The Balaban J connectivity index is 1.96. The molecule has 0 aliphatic carbocycles. The molecule has 0 unspecified atom stereocenters. The maximum Gasteiger partial charge on any atom is 0.138 e. The van der Waals surface area contributed by atoms with Gasteiger partial charge in [0.2, 0.25) is 0 Å². The van der Waals surface area contributed by atoms with Gasteiger partial charge in [-0.05, 0) is 19.2 Å². The van der Waals surface area contributed by atoms with Gasteiger partial charge in [-0.1, -0.05) is 23.7 Å². The van der Waals surface area contributed by atoms with Crippen molar-refractivity contribution >= 4 is 23.4 Å². The summed E-state index contributed by atoms with van der Waals surface area (Å²) in [4.78, 5) is 9.71. The number of nitrogens with one attached hydrogen (secondary N) is 1. The molecule has 0 radical (unpaired) electrons. The van der Waals surface area contributed by atoms with Gasteiger partial charge in [0.1, 0.15) is 5.82 Å². The molecule has 2 rings (SSSR count). The summed E-state index contributed by atoms with van der Waals surface area (Å²) in [6.07, 6.45) is 3.71. The largest absolute Gasteiger partial charge is 0.316 e. The standard InChI is InChI=1S/C13H14ClN3S/c1-15-6-10-7-16-13(17-8-10)9-18-12-5-3-2-4-11(12)14/h2-5,7-8,15H,6,9H2,1H3. The molecule has 0 saturated carbocycles. The molecule has 0 spiro atoms. The Bertz CT molecular complexity index is 502. The van der Waals surface area contributed by atoms with E-state index in [1.807, 2.05) is 43.7 Å². The third kappa shape index (κ3) is 3.70. The summed E-state index contributed by atoms with van der Waals surface area (Å²) < 4.78 is 0. The normalized spacial score (nSPS) is 10.6. The lowest BCUT2D eigenvalue weighted by Gasteiger charge is -2.04. The summed E-state index contributed by atoms with van der Waals surface area (Å²) in [6.45, 7) is 0.790. The lowest BCUT2D eigenvalue weighted by molar-refractivity contribution is 0.801. The molecule has 0 amide bonds. The molecule has 0 atom stereocenters. The maximum absolute atomic E-state index is 6.09. The highest BCUT2D eigenvalue weighted by Gasteiger charge is 2.02. The highest BCUT2D eigenvalue weighted by molar-refractivity contribution is 7.98. The van der Waals surface area contributed by atoms with Gasteiger partial charge in [-0.2, -0.15) is 0 Å². The monoisotopic (exact) mass is 279 g/mol. The van der Waals surface area contributed by atoms with Crippen molar-refractivity contribution in [2.75, 3.05) is 7.05 Å². The number of benzene rings is 1. The molecule has 1 aromatic carbocycles. The summed E-state index contributed by atoms with van der Waals surface area (Å²) in [5, 5.41) is 3.84. The number of hydrogen-bond acceptors (Lipinski definition) is 4. The fourth-order valence-corrected chi connectivity index (χ4v) is 2.57. The van der Waals surface area contributed by atoms with Gasteiger partial charge in [-0.3, -0.25) is 0 Å². The van der Waals surface area contributed by atoms with Crippen LogP contribution < -0.4 is 5.32 Å². The fourth-order valence-electron chi connectivity index (χ4n) is 1.46. The second-order valence-corrected chi connectivity index (χ2v) is 5.18. The van der Waals surface area contributed by atoms with Gasteiger partial charge in [0.15, 0.2) is 0 Å². The average Bonchev–Trinajstić information content (AvgIpc) is 2.40. The van der Waals surface area contributed by atoms with Crippen LogP contribution in [-0.4, -0.2) is 17.0 Å². The second-order valence-electron chi connectivity index (χ2n) is 3.76. The quantitative estimate of drug-likeness (QED) is 0.854. The fraction of sp³-hybridized carbons (Fsp3) is 0.231. The Morgan fingerprint density at radius 1 is 1.22 bits per heavy atom. The van der Waals surface area contributed by atoms with Crippen LogP contribution in [0.15, 0.2) is 41.6 Å². The molecular formula is C13H14ClN3S. The number of thioether (sulfide) groups is 1. The van der Waals surface area contributed by atoms with Crippen LogP contribution in [0.25, 0.3) is 0 Å². The van der Waals surface area contributed by atoms with E-state index in [-0.39, 0.29) is 0 Å². The molecule has 1 N–H and O–H groups in total. The highest BCUT2D eigenvalue weighted by Crippen LogP contribution is 2.28. The van der Waals surface area contributed by atoms with Crippen molar-refractivity contribution in [3.8, 4) is 0 Å². The average molecular weight is 280 g/mol. The number of aromatic nitrogens is 2. The van der Waals surface area contributed by atoms with Gasteiger partial charge in [-0.15, -0.1) is 11.8 Å². The Labute approximate surface area is 116 Å². The van der Waals surface area contributed by atoms with E-state index in [1.165, 1.54) is 0 Å². The SMILES string of the molecule is CNCc1cnc(CSc2ccccc2Cl)nc1. The van der Waals surface area contributed by atoms with Crippen LogP contribution in [0.2, 0.25) is 5.02 Å². The van der Waals surface area contributed by atoms with Crippen molar-refractivity contribution < 1.29 is 0 Å². The molecule has 0 aliphatic rings. The maximum atomic E-state index is 6.09. The first-order valence-corrected chi connectivity index (χ1v) is 6.97. The van der Waals surface area contributed by atoms with E-state index in [4.69, 9.17) is 11.6 Å². The molecule has 18 heavy (non-hydrogen) atoms. The summed E-state index contributed by atoms with van der Waals surface area (Å²) in [5.41, 5.74) is 1.09. The topological polar surface area (TPSA) is 37.8 Å². The Morgan fingerprint density at radius 2 is 1.94 bits per heavy atom. The van der Waals surface area contributed by atoms with Gasteiger partial charge in [-0.25, -0.2) is 9.97 Å². The van der Waals surface area contributed by atoms with Crippen LogP contribution in [0.3, 0.4) is 0 Å². The van der Waals surface area contributed by atoms with E-state index in [0.717, 1.165) is 33.6 Å². The first-order valence-electron chi connectivity index (χ1n) is 5.61. The third-order valence-electron chi connectivity index (χ3n) is 2.33. The van der Waals surface area contributed by atoms with E-state index in [2.05, 4.69) is 15.3 Å². The minimum absolute atomic E-state index is 0.726. The number of halogens is 1. The van der Waals surface area contributed by atoms with Crippen molar-refractivity contribution in [1.29, 1.82) is 0 Å². The molecule has 1 aromatic heterocycles. The van der Waals surface area contributed by atoms with Crippen LogP contribution >= 0.6 is 23.4 Å². The molecule has 2 aromatic rings. The first kappa shape index (κ1) is 13.3. The van der Waals surface area contributed by atoms with E-state index < -0.39 is 0 Å². The van der Waals surface area contributed by atoms with Crippen LogP contribution in [0.1, 0.15) is 11.4 Å². The van der Waals surface area contributed by atoms with Crippen molar-refractivity contribution in [3.05, 3.63) is 53.1 Å². The van der Waals surface area contributed by atoms with Crippen molar-refractivity contribution in [2.45, 2.75) is 17.2 Å². The van der Waals surface area contributed by atoms with Crippen LogP contribution in [0.4, 0.5) is 0 Å². The zero-order chi connectivity index (χ0) is 12.8. The molecule has 0 fully saturated rings. The number of rotatable bonds is 5. The van der Waals surface area contributed by atoms with Crippen molar-refractivity contribution in [2.24, 2.45) is 0 Å². The predicted octanol–water partition coefficient (Wildman–Crippen LogP) is 3.14. The first-order chi connectivity index (χ1) is 8.79. The third-order valence-corrected chi connectivity index (χ3v) is 3.84. The Morgan fingerprint density at radius 3 is 2.61 bits per heavy atom. The van der Waals surface area contributed by atoms with Gasteiger partial charge < -0.3 is 5.32 Å². The lowest BCUT2D eigenvalue weighted by Crippen LogP contribution is -2.06. The van der Waals surface area contributed by atoms with Crippen molar-refractivity contribution in [1.82, 2.24) is 15.3 Å². The molecule has 0 aliphatic heterocycles. The Kier molecular flexibility index (Phi) is 4.99. The van der Waals surface area contributed by atoms with Gasteiger partial charge in [0, 0.05) is 29.4 Å². The van der Waals surface area contributed by atoms with Crippen molar-refractivity contribution in [3.63, 3.8) is 0 Å². The van der Waals surface area contributed by atoms with E-state index in [1.54, 1.807) is 11.8 Å².